The molecule has 0 bridgehead atoms. The van der Waals surface area contributed by atoms with E-state index in [4.69, 9.17) is 10.5 Å². The van der Waals surface area contributed by atoms with Gasteiger partial charge in [0, 0.05) is 13.2 Å². The highest BCUT2D eigenvalue weighted by Gasteiger charge is 2.20. The first-order valence-corrected chi connectivity index (χ1v) is 5.53. The van der Waals surface area contributed by atoms with Crippen LogP contribution in [0.3, 0.4) is 0 Å². The molecule has 0 unspecified atom stereocenters. The number of rotatable bonds is 7. The second kappa shape index (κ2) is 6.80. The van der Waals surface area contributed by atoms with Gasteiger partial charge in [0.2, 0.25) is 5.91 Å². The van der Waals surface area contributed by atoms with Crippen LogP contribution in [0.5, 0.6) is 0 Å². The normalized spacial score (nSPS) is 11.9. The molecule has 0 heterocycles. The molecule has 90 valence electrons. The Balaban J connectivity index is 3.36. The van der Waals surface area contributed by atoms with Crippen LogP contribution in [-0.4, -0.2) is 30.7 Å². The monoisotopic (exact) mass is 216 g/mol. The van der Waals surface area contributed by atoms with Crippen molar-refractivity contribution < 1.29 is 9.53 Å². The number of carbonyl (C=O) groups is 1. The van der Waals surface area contributed by atoms with E-state index in [0.29, 0.717) is 6.54 Å². The van der Waals surface area contributed by atoms with Crippen molar-refractivity contribution in [1.82, 2.24) is 5.32 Å². The molecule has 0 saturated heterocycles. The first-order valence-electron chi connectivity index (χ1n) is 5.53. The predicted octanol–water partition coefficient (Wildman–Crippen LogP) is 1.05. The maximum atomic E-state index is 11.3. The van der Waals surface area contributed by atoms with Gasteiger partial charge in [0.1, 0.15) is 0 Å². The Hall–Kier alpha value is -0.610. The van der Waals surface area contributed by atoms with Crippen molar-refractivity contribution in [3.63, 3.8) is 0 Å². The quantitative estimate of drug-likeness (QED) is 0.625. The largest absolute Gasteiger partial charge is 0.379 e. The van der Waals surface area contributed by atoms with Crippen molar-refractivity contribution in [1.29, 1.82) is 0 Å². The Kier molecular flexibility index (Phi) is 6.52. The van der Waals surface area contributed by atoms with Crippen molar-refractivity contribution in [2.24, 2.45) is 5.73 Å². The number of nitrogens with one attached hydrogen (secondary N) is 1. The Bertz CT molecular complexity index is 186. The zero-order valence-corrected chi connectivity index (χ0v) is 10.3. The maximum Gasteiger partial charge on any atom is 0.239 e. The van der Waals surface area contributed by atoms with Gasteiger partial charge in [-0.25, -0.2) is 0 Å². The minimum absolute atomic E-state index is 0.104. The molecular formula is C11H24N2O2. The topological polar surface area (TPSA) is 64.3 Å². The average molecular weight is 216 g/mol. The van der Waals surface area contributed by atoms with Gasteiger partial charge in [-0.3, -0.25) is 4.79 Å². The van der Waals surface area contributed by atoms with Crippen LogP contribution in [0.4, 0.5) is 0 Å². The molecule has 0 aliphatic rings. The Labute approximate surface area is 92.6 Å². The molecule has 0 saturated carbocycles. The third-order valence-electron chi connectivity index (χ3n) is 1.89. The second-order valence-electron chi connectivity index (χ2n) is 4.60. The molecule has 0 spiro atoms. The van der Waals surface area contributed by atoms with Crippen LogP contribution in [0, 0.1) is 0 Å². The van der Waals surface area contributed by atoms with Gasteiger partial charge in [-0.2, -0.15) is 0 Å². The molecule has 0 aliphatic heterocycles. The van der Waals surface area contributed by atoms with Crippen molar-refractivity contribution in [2.45, 2.75) is 52.2 Å². The molecule has 0 aliphatic carbocycles. The third-order valence-corrected chi connectivity index (χ3v) is 1.89. The summed E-state index contributed by atoms with van der Waals surface area (Å²) in [5, 5.41) is 2.79. The van der Waals surface area contributed by atoms with E-state index >= 15 is 0 Å². The van der Waals surface area contributed by atoms with Crippen molar-refractivity contribution >= 4 is 5.91 Å². The van der Waals surface area contributed by atoms with Gasteiger partial charge in [0.25, 0.3) is 0 Å². The fraction of sp³-hybridized carbons (Fsp3) is 0.909. The molecule has 0 rings (SSSR count). The van der Waals surface area contributed by atoms with Crippen LogP contribution >= 0.6 is 0 Å². The average Bonchev–Trinajstić information content (AvgIpc) is 2.08. The number of nitrogens with two attached hydrogens (primary N) is 1. The molecule has 4 heteroatoms. The molecule has 0 aromatic carbocycles. The van der Waals surface area contributed by atoms with E-state index < -0.39 is 5.54 Å². The molecule has 0 atom stereocenters. The molecule has 4 nitrogen and oxygen atoms in total. The Morgan fingerprint density at radius 1 is 1.40 bits per heavy atom. The first-order chi connectivity index (χ1) is 6.84. The number of ether oxygens (including phenoxy) is 1. The number of amides is 1. The van der Waals surface area contributed by atoms with Crippen molar-refractivity contribution in [2.75, 3.05) is 13.2 Å². The molecule has 1 amide bonds. The molecule has 0 aromatic heterocycles. The summed E-state index contributed by atoms with van der Waals surface area (Å²) < 4.78 is 5.38. The highest BCUT2D eigenvalue weighted by atomic mass is 16.5. The summed E-state index contributed by atoms with van der Waals surface area (Å²) in [7, 11) is 0. The Morgan fingerprint density at radius 3 is 2.47 bits per heavy atom. The summed E-state index contributed by atoms with van der Waals surface area (Å²) in [5.74, 6) is -0.104. The lowest BCUT2D eigenvalue weighted by molar-refractivity contribution is -0.125. The standard InChI is InChI=1S/C11H24N2O2/c1-9(2)15-8-6-5-7-13-10(14)11(3,4)12/h9H,5-8,12H2,1-4H3,(H,13,14). The molecule has 0 radical (unpaired) electrons. The number of carbonyl (C=O) groups excluding carboxylic acids is 1. The van der Waals surface area contributed by atoms with Gasteiger partial charge in [-0.15, -0.1) is 0 Å². The van der Waals surface area contributed by atoms with E-state index in [1.807, 2.05) is 13.8 Å². The van der Waals surface area contributed by atoms with E-state index in [-0.39, 0.29) is 12.0 Å². The van der Waals surface area contributed by atoms with Crippen molar-refractivity contribution in [3.05, 3.63) is 0 Å². The fourth-order valence-electron chi connectivity index (χ4n) is 0.976. The van der Waals surface area contributed by atoms with E-state index in [1.165, 1.54) is 0 Å². The summed E-state index contributed by atoms with van der Waals surface area (Å²) in [4.78, 5) is 11.3. The molecule has 15 heavy (non-hydrogen) atoms. The lowest BCUT2D eigenvalue weighted by atomic mass is 10.1. The van der Waals surface area contributed by atoms with Crippen LogP contribution < -0.4 is 11.1 Å². The minimum Gasteiger partial charge on any atom is -0.379 e. The van der Waals surface area contributed by atoms with Gasteiger partial charge in [0.05, 0.1) is 11.6 Å². The van der Waals surface area contributed by atoms with Crippen molar-refractivity contribution in [3.8, 4) is 0 Å². The summed E-state index contributed by atoms with van der Waals surface area (Å²) >= 11 is 0. The van der Waals surface area contributed by atoms with Gasteiger partial charge >= 0.3 is 0 Å². The second-order valence-corrected chi connectivity index (χ2v) is 4.60. The number of hydrogen-bond acceptors (Lipinski definition) is 3. The number of hydrogen-bond donors (Lipinski definition) is 2. The van der Waals surface area contributed by atoms with Crippen LogP contribution in [0.15, 0.2) is 0 Å². The summed E-state index contributed by atoms with van der Waals surface area (Å²) in [6, 6.07) is 0. The van der Waals surface area contributed by atoms with E-state index in [9.17, 15) is 4.79 Å². The van der Waals surface area contributed by atoms with Gasteiger partial charge in [-0.05, 0) is 40.5 Å². The zero-order valence-electron chi connectivity index (χ0n) is 10.3. The van der Waals surface area contributed by atoms with Gasteiger partial charge in [-0.1, -0.05) is 0 Å². The lowest BCUT2D eigenvalue weighted by Gasteiger charge is -2.17. The highest BCUT2D eigenvalue weighted by Crippen LogP contribution is 1.97. The Morgan fingerprint density at radius 2 is 2.00 bits per heavy atom. The maximum absolute atomic E-state index is 11.3. The number of unbranched alkanes of at least 4 members (excludes halogenated alkanes) is 1. The van der Waals surface area contributed by atoms with Crippen LogP contribution in [0.25, 0.3) is 0 Å². The third kappa shape index (κ3) is 8.39. The smallest absolute Gasteiger partial charge is 0.239 e. The summed E-state index contributed by atoms with van der Waals surface area (Å²) in [6.07, 6.45) is 2.17. The van der Waals surface area contributed by atoms with Crippen LogP contribution in [0.2, 0.25) is 0 Å². The molecule has 3 N–H and O–H groups in total. The molecule has 0 fully saturated rings. The van der Waals surface area contributed by atoms with Gasteiger partial charge in [0.15, 0.2) is 0 Å². The lowest BCUT2D eigenvalue weighted by Crippen LogP contribution is -2.49. The minimum atomic E-state index is -0.783. The summed E-state index contributed by atoms with van der Waals surface area (Å²) in [5.41, 5.74) is 4.84. The fourth-order valence-corrected chi connectivity index (χ4v) is 0.976. The van der Waals surface area contributed by atoms with E-state index in [1.54, 1.807) is 13.8 Å². The first kappa shape index (κ1) is 14.4. The highest BCUT2D eigenvalue weighted by molar-refractivity contribution is 5.84. The molecular weight excluding hydrogens is 192 g/mol. The van der Waals surface area contributed by atoms with E-state index in [0.717, 1.165) is 19.4 Å². The van der Waals surface area contributed by atoms with Gasteiger partial charge < -0.3 is 15.8 Å². The van der Waals surface area contributed by atoms with Crippen LogP contribution in [-0.2, 0) is 9.53 Å². The van der Waals surface area contributed by atoms with Crippen LogP contribution in [0.1, 0.15) is 40.5 Å². The summed E-state index contributed by atoms with van der Waals surface area (Å²) in [6.45, 7) is 8.84. The predicted molar refractivity (Wildman–Crippen MR) is 61.6 cm³/mol. The molecule has 0 aromatic rings. The SMILES string of the molecule is CC(C)OCCCCNC(=O)C(C)(C)N. The zero-order chi connectivity index (χ0) is 11.9. The van der Waals surface area contributed by atoms with E-state index in [2.05, 4.69) is 5.32 Å².